The van der Waals surface area contributed by atoms with Crippen molar-refractivity contribution >= 4 is 0 Å². The van der Waals surface area contributed by atoms with Gasteiger partial charge in [-0.2, -0.15) is 5.06 Å². The molecule has 1 spiro atoms. The van der Waals surface area contributed by atoms with Crippen molar-refractivity contribution in [2.75, 3.05) is 33.0 Å². The fraction of sp³-hybridized carbons (Fsp3) is 0.818. The first-order valence-corrected chi connectivity index (χ1v) is 15.8. The summed E-state index contributed by atoms with van der Waals surface area (Å²) in [6.07, 6.45) is 10.3. The van der Waals surface area contributed by atoms with Crippen LogP contribution >= 0.6 is 0 Å². The highest BCUT2D eigenvalue weighted by Gasteiger charge is 2.59. The van der Waals surface area contributed by atoms with Gasteiger partial charge in [-0.05, 0) is 64.2 Å². The standard InChI is InChI=1S/C33H53NO6/c1-7-32(8-2)21-33(38-23-31(6,24-39-33)22-37-27-12-10-9-11-13-27)20-30(4,5)34(32)40-25(3)26-14-16-28(17-15-26)35-18-29-19-36-29/h14-17,25,27,29H,7-13,18-24H2,1-6H3. The number of ether oxygens (including phenoxy) is 5. The van der Waals surface area contributed by atoms with Crippen LogP contribution in [0.25, 0.3) is 0 Å². The van der Waals surface area contributed by atoms with E-state index in [4.69, 9.17) is 28.5 Å². The highest BCUT2D eigenvalue weighted by molar-refractivity contribution is 5.28. The summed E-state index contributed by atoms with van der Waals surface area (Å²) in [5, 5.41) is 2.29. The molecule has 0 amide bonds. The Hall–Kier alpha value is -1.22. The van der Waals surface area contributed by atoms with Crippen LogP contribution in [-0.2, 0) is 23.8 Å². The summed E-state index contributed by atoms with van der Waals surface area (Å²) in [6.45, 7) is 16.9. The molecule has 2 unspecified atom stereocenters. The SMILES string of the molecule is CCC1(CC)CC2(CC(C)(C)N1OC(C)c1ccc(OCC3CO3)cc1)OCC(C)(COC1CCCCC1)CO2. The van der Waals surface area contributed by atoms with Gasteiger partial charge < -0.3 is 23.7 Å². The van der Waals surface area contributed by atoms with Gasteiger partial charge in [0.05, 0.1) is 38.1 Å². The number of hydroxylamine groups is 2. The van der Waals surface area contributed by atoms with Crippen LogP contribution in [0.15, 0.2) is 24.3 Å². The number of nitrogens with zero attached hydrogens (tertiary/aromatic N) is 1. The van der Waals surface area contributed by atoms with E-state index in [0.717, 1.165) is 43.6 Å². The number of piperidine rings is 1. The molecule has 1 aromatic rings. The molecule has 4 aliphatic rings. The maximum Gasteiger partial charge on any atom is 0.172 e. The Bertz CT molecular complexity index is 942. The molecule has 1 aliphatic carbocycles. The number of hydrogen-bond donors (Lipinski definition) is 0. The average Bonchev–Trinajstić information content (AvgIpc) is 3.79. The van der Waals surface area contributed by atoms with Crippen LogP contribution in [-0.4, -0.2) is 67.2 Å². The van der Waals surface area contributed by atoms with Gasteiger partial charge in [0.2, 0.25) is 0 Å². The van der Waals surface area contributed by atoms with E-state index in [1.807, 2.05) is 12.1 Å². The third-order valence-electron chi connectivity index (χ3n) is 9.64. The van der Waals surface area contributed by atoms with Crippen molar-refractivity contribution in [1.29, 1.82) is 0 Å². The third kappa shape index (κ3) is 6.87. The zero-order valence-electron chi connectivity index (χ0n) is 25.8. The number of rotatable bonds is 11. The zero-order valence-corrected chi connectivity index (χ0v) is 25.8. The zero-order chi connectivity index (χ0) is 28.4. The molecule has 3 aliphatic heterocycles. The van der Waals surface area contributed by atoms with Crippen molar-refractivity contribution in [2.24, 2.45) is 5.41 Å². The lowest BCUT2D eigenvalue weighted by Gasteiger charge is -2.61. The quantitative estimate of drug-likeness (QED) is 0.271. The van der Waals surface area contributed by atoms with E-state index >= 15 is 0 Å². The minimum atomic E-state index is -0.604. The van der Waals surface area contributed by atoms with E-state index in [1.54, 1.807) is 0 Å². The molecule has 0 aromatic heterocycles. The van der Waals surface area contributed by atoms with E-state index < -0.39 is 5.79 Å². The Morgan fingerprint density at radius 2 is 1.60 bits per heavy atom. The first kappa shape index (κ1) is 30.2. The van der Waals surface area contributed by atoms with E-state index in [1.165, 1.54) is 32.1 Å². The minimum Gasteiger partial charge on any atom is -0.491 e. The molecule has 40 heavy (non-hydrogen) atoms. The van der Waals surface area contributed by atoms with Gasteiger partial charge in [0, 0.05) is 23.8 Å². The molecular formula is C33H53NO6. The lowest BCUT2D eigenvalue weighted by molar-refractivity contribution is -0.396. The number of benzene rings is 1. The Labute approximate surface area is 242 Å². The van der Waals surface area contributed by atoms with Gasteiger partial charge >= 0.3 is 0 Å². The van der Waals surface area contributed by atoms with E-state index in [-0.39, 0.29) is 28.7 Å². The topological polar surface area (TPSA) is 61.9 Å². The lowest BCUT2D eigenvalue weighted by Crippen LogP contribution is -2.69. The summed E-state index contributed by atoms with van der Waals surface area (Å²) in [4.78, 5) is 6.86. The Kier molecular flexibility index (Phi) is 9.21. The van der Waals surface area contributed by atoms with Crippen molar-refractivity contribution in [3.8, 4) is 5.75 Å². The van der Waals surface area contributed by atoms with Crippen LogP contribution < -0.4 is 4.74 Å². The molecule has 2 atom stereocenters. The largest absolute Gasteiger partial charge is 0.491 e. The van der Waals surface area contributed by atoms with Crippen LogP contribution in [0, 0.1) is 5.41 Å². The molecular weight excluding hydrogens is 506 g/mol. The Balaban J connectivity index is 1.23. The predicted octanol–water partition coefficient (Wildman–Crippen LogP) is 6.99. The molecule has 226 valence electrons. The molecule has 1 aromatic carbocycles. The van der Waals surface area contributed by atoms with Gasteiger partial charge in [0.25, 0.3) is 0 Å². The van der Waals surface area contributed by atoms with Crippen molar-refractivity contribution < 1.29 is 28.5 Å². The first-order valence-electron chi connectivity index (χ1n) is 15.8. The van der Waals surface area contributed by atoms with Crippen molar-refractivity contribution in [2.45, 2.75) is 135 Å². The summed E-state index contributed by atoms with van der Waals surface area (Å²) < 4.78 is 30.9. The van der Waals surface area contributed by atoms with Crippen LogP contribution in [0.4, 0.5) is 0 Å². The third-order valence-corrected chi connectivity index (χ3v) is 9.64. The molecule has 3 saturated heterocycles. The van der Waals surface area contributed by atoms with E-state index in [9.17, 15) is 0 Å². The lowest BCUT2D eigenvalue weighted by atomic mass is 9.72. The van der Waals surface area contributed by atoms with Gasteiger partial charge in [-0.25, -0.2) is 0 Å². The highest BCUT2D eigenvalue weighted by atomic mass is 16.7. The Morgan fingerprint density at radius 1 is 0.950 bits per heavy atom. The molecule has 0 N–H and O–H groups in total. The summed E-state index contributed by atoms with van der Waals surface area (Å²) >= 11 is 0. The van der Waals surface area contributed by atoms with Crippen LogP contribution in [0.2, 0.25) is 0 Å². The second-order valence-electron chi connectivity index (χ2n) is 13.8. The minimum absolute atomic E-state index is 0.0972. The second kappa shape index (κ2) is 12.2. The van der Waals surface area contributed by atoms with Gasteiger partial charge in [-0.3, -0.25) is 4.84 Å². The summed E-state index contributed by atoms with van der Waals surface area (Å²) in [7, 11) is 0. The van der Waals surface area contributed by atoms with Gasteiger partial charge in [0.1, 0.15) is 24.6 Å². The second-order valence-corrected chi connectivity index (χ2v) is 13.8. The van der Waals surface area contributed by atoms with Crippen LogP contribution in [0.5, 0.6) is 5.75 Å². The first-order chi connectivity index (χ1) is 19.1. The smallest absolute Gasteiger partial charge is 0.172 e. The van der Waals surface area contributed by atoms with Crippen LogP contribution in [0.3, 0.4) is 0 Å². The molecule has 0 radical (unpaired) electrons. The maximum atomic E-state index is 6.86. The molecule has 5 rings (SSSR count). The normalized spacial score (nSPS) is 33.1. The molecule has 7 nitrogen and oxygen atoms in total. The van der Waals surface area contributed by atoms with E-state index in [0.29, 0.717) is 32.5 Å². The molecule has 4 fully saturated rings. The Morgan fingerprint density at radius 3 is 2.20 bits per heavy atom. The van der Waals surface area contributed by atoms with Crippen molar-refractivity contribution in [1.82, 2.24) is 5.06 Å². The fourth-order valence-electron chi connectivity index (χ4n) is 6.99. The van der Waals surface area contributed by atoms with Gasteiger partial charge in [0.15, 0.2) is 5.79 Å². The molecule has 0 bridgehead atoms. The van der Waals surface area contributed by atoms with Gasteiger partial charge in [-0.15, -0.1) is 0 Å². The molecule has 3 heterocycles. The average molecular weight is 560 g/mol. The summed E-state index contributed by atoms with van der Waals surface area (Å²) in [5.41, 5.74) is 0.539. The van der Waals surface area contributed by atoms with E-state index in [2.05, 4.69) is 58.7 Å². The van der Waals surface area contributed by atoms with Crippen molar-refractivity contribution in [3.63, 3.8) is 0 Å². The predicted molar refractivity (Wildman–Crippen MR) is 155 cm³/mol. The number of epoxide rings is 1. The van der Waals surface area contributed by atoms with Crippen LogP contribution in [0.1, 0.15) is 111 Å². The molecule has 7 heteroatoms. The van der Waals surface area contributed by atoms with Crippen molar-refractivity contribution in [3.05, 3.63) is 29.8 Å². The summed E-state index contributed by atoms with van der Waals surface area (Å²) in [6, 6.07) is 8.27. The number of hydrogen-bond acceptors (Lipinski definition) is 7. The maximum absolute atomic E-state index is 6.86. The highest BCUT2D eigenvalue weighted by Crippen LogP contribution is 2.52. The molecule has 1 saturated carbocycles. The summed E-state index contributed by atoms with van der Waals surface area (Å²) in [5.74, 6) is 0.263. The monoisotopic (exact) mass is 559 g/mol. The van der Waals surface area contributed by atoms with Gasteiger partial charge in [-0.1, -0.05) is 52.2 Å². The fourth-order valence-corrected chi connectivity index (χ4v) is 6.99.